The van der Waals surface area contributed by atoms with Crippen LogP contribution >= 0.6 is 0 Å². The van der Waals surface area contributed by atoms with Crippen LogP contribution < -0.4 is 0 Å². The fraction of sp³-hybridized carbons (Fsp3) is 0.483. The van der Waals surface area contributed by atoms with E-state index in [9.17, 15) is 0 Å². The van der Waals surface area contributed by atoms with E-state index in [1.165, 1.54) is 61.9 Å². The molecule has 2 unspecified atom stereocenters. The number of hydrogen-bond donors (Lipinski definition) is 0. The molecule has 0 saturated carbocycles. The van der Waals surface area contributed by atoms with Crippen LogP contribution in [-0.2, 0) is 18.4 Å². The van der Waals surface area contributed by atoms with Gasteiger partial charge in [-0.25, -0.2) is 4.98 Å². The van der Waals surface area contributed by atoms with Crippen LogP contribution in [0.5, 0.6) is 0 Å². The topological polar surface area (TPSA) is 17.8 Å². The molecule has 0 saturated heterocycles. The monoisotopic (exact) mass is 416 g/mol. The molecule has 2 heteroatoms. The summed E-state index contributed by atoms with van der Waals surface area (Å²) in [4.78, 5) is 4.96. The zero-order valence-corrected chi connectivity index (χ0v) is 19.8. The summed E-state index contributed by atoms with van der Waals surface area (Å²) >= 11 is 0. The van der Waals surface area contributed by atoms with Gasteiger partial charge in [0.15, 0.2) is 0 Å². The van der Waals surface area contributed by atoms with Crippen LogP contribution in [0, 0.1) is 0 Å². The molecule has 0 aliphatic carbocycles. The number of benzene rings is 2. The van der Waals surface area contributed by atoms with E-state index in [1.54, 1.807) is 0 Å². The molecule has 2 atom stereocenters. The van der Waals surface area contributed by atoms with Crippen LogP contribution in [0.4, 0.5) is 0 Å². The lowest BCUT2D eigenvalue weighted by Crippen LogP contribution is -2.35. The van der Waals surface area contributed by atoms with Crippen molar-refractivity contribution in [1.29, 1.82) is 0 Å². The first-order valence-electron chi connectivity index (χ1n) is 12.3. The summed E-state index contributed by atoms with van der Waals surface area (Å²) in [5.74, 6) is 1.66. The number of aromatic nitrogens is 2. The van der Waals surface area contributed by atoms with Gasteiger partial charge in [-0.2, -0.15) is 0 Å². The molecule has 0 amide bonds. The van der Waals surface area contributed by atoms with E-state index in [0.29, 0.717) is 5.92 Å². The molecule has 2 aromatic carbocycles. The van der Waals surface area contributed by atoms with Crippen LogP contribution in [0.25, 0.3) is 0 Å². The molecular formula is C29H40N2. The summed E-state index contributed by atoms with van der Waals surface area (Å²) < 4.78 is 2.45. The standard InChI is InChI=1S/C29H40N2/c1-4-6-8-15-22-31-23-21-30-28(31)27(20-7-5-2)29(3,26-18-13-10-14-19-26)24-25-16-11-9-12-17-25/h9-14,16-19,21,23,27H,4-8,15,20,22,24H2,1-3H3. The van der Waals surface area contributed by atoms with Crippen molar-refractivity contribution in [2.75, 3.05) is 0 Å². The average Bonchev–Trinajstić information content (AvgIpc) is 3.26. The van der Waals surface area contributed by atoms with E-state index in [0.717, 1.165) is 13.0 Å². The second kappa shape index (κ2) is 11.9. The van der Waals surface area contributed by atoms with Crippen LogP contribution in [0.1, 0.15) is 88.6 Å². The zero-order chi connectivity index (χ0) is 21.9. The molecule has 0 bridgehead atoms. The molecule has 3 rings (SSSR count). The Bertz CT molecular complexity index is 868. The molecule has 0 aliphatic heterocycles. The lowest BCUT2D eigenvalue weighted by molar-refractivity contribution is 0.324. The molecule has 3 aromatic rings. The molecule has 1 heterocycles. The van der Waals surface area contributed by atoms with Gasteiger partial charge in [0.2, 0.25) is 0 Å². The Kier molecular flexibility index (Phi) is 8.94. The van der Waals surface area contributed by atoms with Crippen LogP contribution in [0.3, 0.4) is 0 Å². The van der Waals surface area contributed by atoms with Crippen molar-refractivity contribution in [3.8, 4) is 0 Å². The van der Waals surface area contributed by atoms with Gasteiger partial charge in [-0.15, -0.1) is 0 Å². The molecule has 31 heavy (non-hydrogen) atoms. The van der Waals surface area contributed by atoms with Gasteiger partial charge in [-0.1, -0.05) is 114 Å². The molecule has 2 nitrogen and oxygen atoms in total. The van der Waals surface area contributed by atoms with E-state index < -0.39 is 0 Å². The van der Waals surface area contributed by atoms with Gasteiger partial charge in [0.05, 0.1) is 0 Å². The second-order valence-electron chi connectivity index (χ2n) is 9.18. The van der Waals surface area contributed by atoms with Crippen molar-refractivity contribution in [3.63, 3.8) is 0 Å². The number of aryl methyl sites for hydroxylation is 1. The van der Waals surface area contributed by atoms with E-state index in [4.69, 9.17) is 4.98 Å². The maximum absolute atomic E-state index is 4.96. The smallest absolute Gasteiger partial charge is 0.112 e. The molecule has 166 valence electrons. The molecule has 0 radical (unpaired) electrons. The minimum absolute atomic E-state index is 0.00962. The maximum atomic E-state index is 4.96. The van der Waals surface area contributed by atoms with Crippen LogP contribution in [0.2, 0.25) is 0 Å². The largest absolute Gasteiger partial charge is 0.335 e. The number of unbranched alkanes of at least 4 members (excludes halogenated alkanes) is 4. The average molecular weight is 417 g/mol. The van der Waals surface area contributed by atoms with E-state index >= 15 is 0 Å². The highest BCUT2D eigenvalue weighted by atomic mass is 15.1. The van der Waals surface area contributed by atoms with Gasteiger partial charge in [0.25, 0.3) is 0 Å². The summed E-state index contributed by atoms with van der Waals surface area (Å²) in [7, 11) is 0. The molecule has 0 fully saturated rings. The number of rotatable bonds is 13. The van der Waals surface area contributed by atoms with Crippen molar-refractivity contribution in [2.45, 2.75) is 90.0 Å². The van der Waals surface area contributed by atoms with Crippen molar-refractivity contribution >= 4 is 0 Å². The second-order valence-corrected chi connectivity index (χ2v) is 9.18. The Labute approximate surface area is 189 Å². The number of imidazole rings is 1. The Balaban J connectivity index is 1.99. The minimum atomic E-state index is -0.00962. The van der Waals surface area contributed by atoms with Gasteiger partial charge >= 0.3 is 0 Å². The summed E-state index contributed by atoms with van der Waals surface area (Å²) in [5.41, 5.74) is 2.81. The van der Waals surface area contributed by atoms with Gasteiger partial charge in [-0.3, -0.25) is 0 Å². The Morgan fingerprint density at radius 3 is 2.19 bits per heavy atom. The van der Waals surface area contributed by atoms with Gasteiger partial charge in [-0.05, 0) is 30.4 Å². The zero-order valence-electron chi connectivity index (χ0n) is 19.8. The molecule has 0 spiro atoms. The molecule has 0 N–H and O–H groups in total. The normalized spacial score (nSPS) is 14.3. The Hall–Kier alpha value is -2.35. The van der Waals surface area contributed by atoms with Gasteiger partial charge in [0.1, 0.15) is 5.82 Å². The van der Waals surface area contributed by atoms with Crippen molar-refractivity contribution in [1.82, 2.24) is 9.55 Å². The lowest BCUT2D eigenvalue weighted by atomic mass is 9.66. The highest BCUT2D eigenvalue weighted by Gasteiger charge is 2.39. The third-order valence-corrected chi connectivity index (χ3v) is 6.77. The Morgan fingerprint density at radius 2 is 1.52 bits per heavy atom. The van der Waals surface area contributed by atoms with Crippen LogP contribution in [0.15, 0.2) is 73.1 Å². The summed E-state index contributed by atoms with van der Waals surface area (Å²) in [6.07, 6.45) is 14.0. The SMILES string of the molecule is CCCCCCn1ccnc1C(CCCC)C(C)(Cc1ccccc1)c1ccccc1. The molecular weight excluding hydrogens is 376 g/mol. The fourth-order valence-electron chi connectivity index (χ4n) is 4.93. The number of hydrogen-bond acceptors (Lipinski definition) is 1. The Morgan fingerprint density at radius 1 is 0.839 bits per heavy atom. The first-order valence-corrected chi connectivity index (χ1v) is 12.3. The lowest BCUT2D eigenvalue weighted by Gasteiger charge is -2.39. The van der Waals surface area contributed by atoms with Crippen LogP contribution in [-0.4, -0.2) is 9.55 Å². The van der Waals surface area contributed by atoms with Crippen molar-refractivity contribution in [3.05, 3.63) is 90.0 Å². The highest BCUT2D eigenvalue weighted by Crippen LogP contribution is 2.44. The third-order valence-electron chi connectivity index (χ3n) is 6.77. The van der Waals surface area contributed by atoms with Crippen molar-refractivity contribution in [2.24, 2.45) is 0 Å². The fourth-order valence-corrected chi connectivity index (χ4v) is 4.93. The minimum Gasteiger partial charge on any atom is -0.335 e. The molecule has 1 aromatic heterocycles. The van der Waals surface area contributed by atoms with Gasteiger partial charge in [0, 0.05) is 30.3 Å². The van der Waals surface area contributed by atoms with E-state index in [-0.39, 0.29) is 5.41 Å². The molecule has 0 aliphatic rings. The summed E-state index contributed by atoms with van der Waals surface area (Å²) in [6.45, 7) is 8.11. The maximum Gasteiger partial charge on any atom is 0.112 e. The quantitative estimate of drug-likeness (QED) is 0.259. The first kappa shape index (κ1) is 23.3. The predicted octanol–water partition coefficient (Wildman–Crippen LogP) is 7.94. The van der Waals surface area contributed by atoms with E-state index in [2.05, 4.69) is 92.2 Å². The first-order chi connectivity index (χ1) is 15.2. The predicted molar refractivity (Wildman–Crippen MR) is 133 cm³/mol. The summed E-state index contributed by atoms with van der Waals surface area (Å²) in [6, 6.07) is 22.1. The number of nitrogens with zero attached hydrogens (tertiary/aromatic N) is 2. The van der Waals surface area contributed by atoms with Crippen molar-refractivity contribution < 1.29 is 0 Å². The highest BCUT2D eigenvalue weighted by molar-refractivity contribution is 5.33. The van der Waals surface area contributed by atoms with Gasteiger partial charge < -0.3 is 4.57 Å². The van der Waals surface area contributed by atoms with E-state index in [1.807, 2.05) is 6.20 Å². The third kappa shape index (κ3) is 6.09. The summed E-state index contributed by atoms with van der Waals surface area (Å²) in [5, 5.41) is 0.